The minimum Gasteiger partial charge on any atom is -0.360 e. The van der Waals surface area contributed by atoms with E-state index in [1.165, 1.54) is 0 Å². The van der Waals surface area contributed by atoms with Crippen LogP contribution in [-0.4, -0.2) is 15.0 Å². The van der Waals surface area contributed by atoms with Crippen LogP contribution in [0.15, 0.2) is 24.4 Å². The number of rotatable bonds is 2. The fraction of sp³-hybridized carbons (Fsp3) is 0.308. The van der Waals surface area contributed by atoms with Gasteiger partial charge in [-0.25, -0.2) is 9.97 Å². The van der Waals surface area contributed by atoms with E-state index in [-0.39, 0.29) is 0 Å². The topological polar surface area (TPSA) is 65.4 Å². The molecule has 17 heavy (non-hydrogen) atoms. The van der Waals surface area contributed by atoms with Gasteiger partial charge in [0.05, 0.1) is 17.5 Å². The van der Waals surface area contributed by atoms with Gasteiger partial charge in [0.2, 0.25) is 0 Å². The predicted molar refractivity (Wildman–Crippen MR) is 65.2 cm³/mol. The van der Waals surface area contributed by atoms with Crippen LogP contribution in [0.3, 0.4) is 0 Å². The first-order chi connectivity index (χ1) is 8.03. The number of aryl methyl sites for hydroxylation is 1. The Balaban J connectivity index is 2.55. The van der Waals surface area contributed by atoms with E-state index in [0.717, 1.165) is 17.1 Å². The Morgan fingerprint density at radius 1 is 1.35 bits per heavy atom. The zero-order valence-corrected chi connectivity index (χ0v) is 10.2. The molecule has 86 valence electrons. The molecule has 0 atom stereocenters. The summed E-state index contributed by atoms with van der Waals surface area (Å²) in [4.78, 5) is 11.9. The molecule has 0 spiro atoms. The lowest BCUT2D eigenvalue weighted by Crippen LogP contribution is -2.19. The summed E-state index contributed by atoms with van der Waals surface area (Å²) in [5, 5.41) is 9.12. The third-order valence-electron chi connectivity index (χ3n) is 2.57. The molecule has 0 bridgehead atoms. The molecule has 0 fully saturated rings. The molecule has 0 amide bonds. The lowest BCUT2D eigenvalue weighted by molar-refractivity contribution is 0.626. The number of hydrogen-bond donors (Lipinski definition) is 1. The summed E-state index contributed by atoms with van der Waals surface area (Å²) in [5.41, 5.74) is 1.95. The van der Waals surface area contributed by atoms with E-state index in [4.69, 9.17) is 5.26 Å². The quantitative estimate of drug-likeness (QED) is 0.855. The SMILES string of the molecule is Cc1cc(-c2ccc[nH]2)nc(C(C)(C)C#N)n1. The van der Waals surface area contributed by atoms with Crippen molar-refractivity contribution in [2.45, 2.75) is 26.2 Å². The predicted octanol–water partition coefficient (Wildman–Crippen LogP) is 2.58. The van der Waals surface area contributed by atoms with Gasteiger partial charge < -0.3 is 4.98 Å². The van der Waals surface area contributed by atoms with Crippen LogP contribution in [-0.2, 0) is 5.41 Å². The molecule has 0 saturated carbocycles. The van der Waals surface area contributed by atoms with Gasteiger partial charge in [-0.05, 0) is 39.0 Å². The fourth-order valence-corrected chi connectivity index (χ4v) is 1.53. The Labute approximate surface area is 100 Å². The summed E-state index contributed by atoms with van der Waals surface area (Å²) >= 11 is 0. The van der Waals surface area contributed by atoms with Crippen LogP contribution in [0.2, 0.25) is 0 Å². The lowest BCUT2D eigenvalue weighted by Gasteiger charge is -2.14. The first-order valence-corrected chi connectivity index (χ1v) is 5.44. The van der Waals surface area contributed by atoms with Crippen molar-refractivity contribution in [2.24, 2.45) is 0 Å². The molecular formula is C13H14N4. The van der Waals surface area contributed by atoms with Crippen LogP contribution in [0.25, 0.3) is 11.4 Å². The van der Waals surface area contributed by atoms with Gasteiger partial charge in [-0.1, -0.05) is 0 Å². The third kappa shape index (κ3) is 2.18. The van der Waals surface area contributed by atoms with Crippen LogP contribution in [0.4, 0.5) is 0 Å². The monoisotopic (exact) mass is 226 g/mol. The molecule has 0 unspecified atom stereocenters. The Hall–Kier alpha value is -2.15. The molecule has 2 rings (SSSR count). The molecule has 0 radical (unpaired) electrons. The summed E-state index contributed by atoms with van der Waals surface area (Å²) in [6, 6.07) is 8.00. The van der Waals surface area contributed by atoms with Crippen molar-refractivity contribution in [1.82, 2.24) is 15.0 Å². The van der Waals surface area contributed by atoms with Gasteiger partial charge in [-0.2, -0.15) is 5.26 Å². The second kappa shape index (κ2) is 4.02. The van der Waals surface area contributed by atoms with Crippen molar-refractivity contribution in [3.8, 4) is 17.5 Å². The number of aromatic nitrogens is 3. The van der Waals surface area contributed by atoms with E-state index in [0.29, 0.717) is 5.82 Å². The average molecular weight is 226 g/mol. The second-order valence-corrected chi connectivity index (χ2v) is 4.54. The molecule has 1 N–H and O–H groups in total. The van der Waals surface area contributed by atoms with Crippen LogP contribution in [0.5, 0.6) is 0 Å². The normalized spacial score (nSPS) is 11.2. The van der Waals surface area contributed by atoms with E-state index < -0.39 is 5.41 Å². The molecule has 0 aromatic carbocycles. The number of H-pyrrole nitrogens is 1. The fourth-order valence-electron chi connectivity index (χ4n) is 1.53. The average Bonchev–Trinajstić information content (AvgIpc) is 2.81. The van der Waals surface area contributed by atoms with E-state index in [2.05, 4.69) is 21.0 Å². The molecule has 0 saturated heterocycles. The van der Waals surface area contributed by atoms with Crippen LogP contribution >= 0.6 is 0 Å². The van der Waals surface area contributed by atoms with Crippen LogP contribution in [0.1, 0.15) is 25.4 Å². The molecule has 2 heterocycles. The Bertz CT molecular complexity index is 562. The molecule has 4 nitrogen and oxygen atoms in total. The standard InChI is InChI=1S/C13H14N4/c1-9-7-11(10-5-4-6-15-10)17-12(16-9)13(2,3)8-14/h4-7,15H,1-3H3. The highest BCUT2D eigenvalue weighted by atomic mass is 14.9. The largest absolute Gasteiger partial charge is 0.360 e. The number of aromatic amines is 1. The number of hydrogen-bond acceptors (Lipinski definition) is 3. The van der Waals surface area contributed by atoms with E-state index in [1.54, 1.807) is 0 Å². The van der Waals surface area contributed by atoms with E-state index in [1.807, 2.05) is 45.2 Å². The highest BCUT2D eigenvalue weighted by Crippen LogP contribution is 2.22. The highest BCUT2D eigenvalue weighted by Gasteiger charge is 2.24. The first kappa shape index (κ1) is 11.3. The second-order valence-electron chi connectivity index (χ2n) is 4.54. The van der Waals surface area contributed by atoms with Crippen molar-refractivity contribution in [1.29, 1.82) is 5.26 Å². The molecule has 4 heteroatoms. The first-order valence-electron chi connectivity index (χ1n) is 5.44. The zero-order chi connectivity index (χ0) is 12.5. The smallest absolute Gasteiger partial charge is 0.148 e. The van der Waals surface area contributed by atoms with Crippen molar-refractivity contribution in [2.75, 3.05) is 0 Å². The van der Waals surface area contributed by atoms with Gasteiger partial charge in [0.25, 0.3) is 0 Å². The molecule has 0 aliphatic rings. The molecule has 0 aliphatic heterocycles. The van der Waals surface area contributed by atoms with Gasteiger partial charge >= 0.3 is 0 Å². The summed E-state index contributed by atoms with van der Waals surface area (Å²) in [7, 11) is 0. The summed E-state index contributed by atoms with van der Waals surface area (Å²) < 4.78 is 0. The van der Waals surface area contributed by atoms with Gasteiger partial charge in [0.1, 0.15) is 11.2 Å². The maximum atomic E-state index is 9.12. The van der Waals surface area contributed by atoms with Crippen molar-refractivity contribution < 1.29 is 0 Å². The maximum Gasteiger partial charge on any atom is 0.148 e. The summed E-state index contributed by atoms with van der Waals surface area (Å²) in [6.45, 7) is 5.55. The molecule has 0 aliphatic carbocycles. The minimum atomic E-state index is -0.673. The number of nitriles is 1. The van der Waals surface area contributed by atoms with E-state index in [9.17, 15) is 0 Å². The molecule has 2 aromatic heterocycles. The van der Waals surface area contributed by atoms with Gasteiger partial charge in [-0.15, -0.1) is 0 Å². The Morgan fingerprint density at radius 3 is 2.71 bits per heavy atom. The number of nitrogens with one attached hydrogen (secondary N) is 1. The third-order valence-corrected chi connectivity index (χ3v) is 2.57. The Kier molecular flexibility index (Phi) is 2.68. The van der Waals surface area contributed by atoms with Gasteiger partial charge in [0.15, 0.2) is 0 Å². The lowest BCUT2D eigenvalue weighted by atomic mass is 9.94. The van der Waals surface area contributed by atoms with Crippen molar-refractivity contribution in [3.63, 3.8) is 0 Å². The van der Waals surface area contributed by atoms with E-state index >= 15 is 0 Å². The van der Waals surface area contributed by atoms with Gasteiger partial charge in [0, 0.05) is 11.9 Å². The molecular weight excluding hydrogens is 212 g/mol. The van der Waals surface area contributed by atoms with Crippen LogP contribution in [0, 0.1) is 18.3 Å². The van der Waals surface area contributed by atoms with Crippen molar-refractivity contribution in [3.05, 3.63) is 35.9 Å². The van der Waals surface area contributed by atoms with Crippen molar-refractivity contribution >= 4 is 0 Å². The van der Waals surface area contributed by atoms with Gasteiger partial charge in [-0.3, -0.25) is 0 Å². The zero-order valence-electron chi connectivity index (χ0n) is 10.2. The maximum absolute atomic E-state index is 9.12. The number of nitrogens with zero attached hydrogens (tertiary/aromatic N) is 3. The Morgan fingerprint density at radius 2 is 2.12 bits per heavy atom. The highest BCUT2D eigenvalue weighted by molar-refractivity contribution is 5.54. The minimum absolute atomic E-state index is 0.560. The van der Waals surface area contributed by atoms with Crippen LogP contribution < -0.4 is 0 Å². The summed E-state index contributed by atoms with van der Waals surface area (Å²) in [6.07, 6.45) is 1.85. The molecule has 2 aromatic rings. The summed E-state index contributed by atoms with van der Waals surface area (Å²) in [5.74, 6) is 0.560.